The first-order valence-corrected chi connectivity index (χ1v) is 10.6. The van der Waals surface area contributed by atoms with E-state index in [1.165, 1.54) is 0 Å². The maximum atomic E-state index is 12.6. The van der Waals surface area contributed by atoms with Gasteiger partial charge in [-0.2, -0.15) is 0 Å². The van der Waals surface area contributed by atoms with Crippen LogP contribution in [0.3, 0.4) is 0 Å². The van der Waals surface area contributed by atoms with Gasteiger partial charge in [-0.1, -0.05) is 30.3 Å². The molecule has 0 aliphatic carbocycles. The highest BCUT2D eigenvalue weighted by molar-refractivity contribution is 6.39. The first-order valence-electron chi connectivity index (χ1n) is 10.6. The molecule has 2 aromatic carbocycles. The number of hydrogen-bond acceptors (Lipinski definition) is 5. The van der Waals surface area contributed by atoms with Gasteiger partial charge in [0.2, 0.25) is 0 Å². The zero-order valence-corrected chi connectivity index (χ0v) is 18.8. The number of nitrogens with zero attached hydrogens (tertiary/aromatic N) is 2. The fraction of sp³-hybridized carbons (Fsp3) is 0.417. The number of aryl methyl sites for hydroxylation is 2. The summed E-state index contributed by atoms with van der Waals surface area (Å²) >= 11 is 0. The molecule has 31 heavy (non-hydrogen) atoms. The molecule has 1 aliphatic rings. The van der Waals surface area contributed by atoms with Crippen LogP contribution in [0.1, 0.15) is 22.7 Å². The number of anilines is 1. The number of rotatable bonds is 6. The Balaban J connectivity index is 1.68. The molecule has 2 N–H and O–H groups in total. The number of likely N-dealkylation sites (N-methyl/N-ethyl adjacent to an activating group) is 1. The summed E-state index contributed by atoms with van der Waals surface area (Å²) in [6, 6.07) is 13.6. The van der Waals surface area contributed by atoms with E-state index in [2.05, 4.69) is 27.5 Å². The van der Waals surface area contributed by atoms with Gasteiger partial charge in [-0.15, -0.1) is 0 Å². The molecule has 2 amide bonds. The molecule has 3 rings (SSSR count). The smallest absolute Gasteiger partial charge is 0.313 e. The Labute approximate surface area is 184 Å². The quantitative estimate of drug-likeness (QED) is 0.697. The highest BCUT2D eigenvalue weighted by atomic mass is 16.5. The summed E-state index contributed by atoms with van der Waals surface area (Å²) in [5.74, 6) is -0.488. The Bertz CT molecular complexity index is 885. The third-order valence-corrected chi connectivity index (χ3v) is 5.86. The number of methoxy groups -OCH3 is 1. The molecular weight excluding hydrogens is 392 g/mol. The molecule has 2 aromatic rings. The van der Waals surface area contributed by atoms with Crippen molar-refractivity contribution in [3.8, 4) is 5.75 Å². The van der Waals surface area contributed by atoms with Crippen LogP contribution in [-0.4, -0.2) is 68.5 Å². The standard InChI is InChI=1S/C24H32N4O3/c1-17-6-5-7-18(2)22(17)26-24(30)23(29)25-16-21(28-14-12-27(3)13-15-28)19-8-10-20(31-4)11-9-19/h5-11,21H,12-16H2,1-4H3,(H,25,29)(H,26,30). The fourth-order valence-corrected chi connectivity index (χ4v) is 3.87. The van der Waals surface area contributed by atoms with Crippen molar-refractivity contribution in [3.05, 3.63) is 59.2 Å². The summed E-state index contributed by atoms with van der Waals surface area (Å²) in [5, 5.41) is 5.59. The maximum absolute atomic E-state index is 12.6. The third kappa shape index (κ3) is 5.83. The summed E-state index contributed by atoms with van der Waals surface area (Å²) < 4.78 is 5.27. The highest BCUT2D eigenvalue weighted by Crippen LogP contribution is 2.24. The Morgan fingerprint density at radius 2 is 1.58 bits per heavy atom. The number of piperazine rings is 1. The van der Waals surface area contributed by atoms with Gasteiger partial charge in [0.05, 0.1) is 13.2 Å². The van der Waals surface area contributed by atoms with Gasteiger partial charge in [0, 0.05) is 38.4 Å². The van der Waals surface area contributed by atoms with Gasteiger partial charge in [0.15, 0.2) is 0 Å². The molecule has 0 bridgehead atoms. The molecule has 0 saturated carbocycles. The number of carbonyl (C=O) groups is 2. The third-order valence-electron chi connectivity index (χ3n) is 5.86. The van der Waals surface area contributed by atoms with Crippen molar-refractivity contribution in [2.24, 2.45) is 0 Å². The lowest BCUT2D eigenvalue weighted by Crippen LogP contribution is -2.49. The molecule has 1 saturated heterocycles. The van der Waals surface area contributed by atoms with Gasteiger partial charge < -0.3 is 20.3 Å². The van der Waals surface area contributed by atoms with E-state index < -0.39 is 11.8 Å². The molecule has 1 aliphatic heterocycles. The van der Waals surface area contributed by atoms with E-state index in [0.717, 1.165) is 48.6 Å². The van der Waals surface area contributed by atoms with E-state index in [1.807, 2.05) is 56.3 Å². The Morgan fingerprint density at radius 1 is 0.968 bits per heavy atom. The summed E-state index contributed by atoms with van der Waals surface area (Å²) in [7, 11) is 3.75. The molecule has 7 nitrogen and oxygen atoms in total. The van der Waals surface area contributed by atoms with E-state index in [1.54, 1.807) is 7.11 Å². The molecular formula is C24H32N4O3. The second-order valence-corrected chi connectivity index (χ2v) is 8.06. The second-order valence-electron chi connectivity index (χ2n) is 8.06. The van der Waals surface area contributed by atoms with Gasteiger partial charge in [-0.25, -0.2) is 0 Å². The van der Waals surface area contributed by atoms with E-state index in [4.69, 9.17) is 4.74 Å². The van der Waals surface area contributed by atoms with Crippen molar-refractivity contribution in [2.75, 3.05) is 52.2 Å². The first kappa shape index (κ1) is 22.8. The van der Waals surface area contributed by atoms with Gasteiger partial charge in [0.25, 0.3) is 0 Å². The monoisotopic (exact) mass is 424 g/mol. The van der Waals surface area contributed by atoms with Gasteiger partial charge >= 0.3 is 11.8 Å². The van der Waals surface area contributed by atoms with Crippen molar-refractivity contribution in [1.82, 2.24) is 15.1 Å². The van der Waals surface area contributed by atoms with Crippen LogP contribution in [0.5, 0.6) is 5.75 Å². The molecule has 1 unspecified atom stereocenters. The van der Waals surface area contributed by atoms with Gasteiger partial charge in [-0.3, -0.25) is 14.5 Å². The molecule has 0 spiro atoms. The number of ether oxygens (including phenoxy) is 1. The molecule has 7 heteroatoms. The lowest BCUT2D eigenvalue weighted by molar-refractivity contribution is -0.136. The summed E-state index contributed by atoms with van der Waals surface area (Å²) in [6.07, 6.45) is 0. The van der Waals surface area contributed by atoms with Crippen LogP contribution in [0.25, 0.3) is 0 Å². The number of carbonyl (C=O) groups excluding carboxylic acids is 2. The van der Waals surface area contributed by atoms with Crippen LogP contribution in [0.2, 0.25) is 0 Å². The van der Waals surface area contributed by atoms with E-state index >= 15 is 0 Å². The molecule has 1 atom stereocenters. The summed E-state index contributed by atoms with van der Waals surface area (Å²) in [6.45, 7) is 7.91. The minimum absolute atomic E-state index is 0.0171. The van der Waals surface area contributed by atoms with E-state index in [9.17, 15) is 9.59 Å². The van der Waals surface area contributed by atoms with Crippen molar-refractivity contribution in [3.63, 3.8) is 0 Å². The first-order chi connectivity index (χ1) is 14.9. The number of nitrogens with one attached hydrogen (secondary N) is 2. The maximum Gasteiger partial charge on any atom is 0.313 e. The molecule has 166 valence electrons. The highest BCUT2D eigenvalue weighted by Gasteiger charge is 2.25. The van der Waals surface area contributed by atoms with Crippen LogP contribution in [-0.2, 0) is 9.59 Å². The largest absolute Gasteiger partial charge is 0.497 e. The molecule has 1 heterocycles. The summed E-state index contributed by atoms with van der Waals surface area (Å²) in [5.41, 5.74) is 3.62. The number of hydrogen-bond donors (Lipinski definition) is 2. The number of amides is 2. The van der Waals surface area contributed by atoms with Gasteiger partial charge in [-0.05, 0) is 49.7 Å². The SMILES string of the molecule is COc1ccc(C(CNC(=O)C(=O)Nc2c(C)cccc2C)N2CCN(C)CC2)cc1. The molecule has 0 aromatic heterocycles. The van der Waals surface area contributed by atoms with Gasteiger partial charge in [0.1, 0.15) is 5.75 Å². The zero-order valence-electron chi connectivity index (χ0n) is 18.8. The van der Waals surface area contributed by atoms with Crippen molar-refractivity contribution in [2.45, 2.75) is 19.9 Å². The predicted octanol–water partition coefficient (Wildman–Crippen LogP) is 2.36. The average molecular weight is 425 g/mol. The topological polar surface area (TPSA) is 73.9 Å². The number of benzene rings is 2. The molecule has 1 fully saturated rings. The lowest BCUT2D eigenvalue weighted by atomic mass is 10.0. The minimum Gasteiger partial charge on any atom is -0.497 e. The minimum atomic E-state index is -0.649. The molecule has 0 radical (unpaired) electrons. The van der Waals surface area contributed by atoms with E-state index in [0.29, 0.717) is 12.2 Å². The van der Waals surface area contributed by atoms with Crippen LogP contribution < -0.4 is 15.4 Å². The Morgan fingerprint density at radius 3 is 2.16 bits per heavy atom. The van der Waals surface area contributed by atoms with E-state index in [-0.39, 0.29) is 6.04 Å². The van der Waals surface area contributed by atoms with Crippen LogP contribution in [0.4, 0.5) is 5.69 Å². The average Bonchev–Trinajstić information content (AvgIpc) is 2.77. The van der Waals surface area contributed by atoms with Crippen molar-refractivity contribution >= 4 is 17.5 Å². The van der Waals surface area contributed by atoms with Crippen molar-refractivity contribution < 1.29 is 14.3 Å². The zero-order chi connectivity index (χ0) is 22.4. The summed E-state index contributed by atoms with van der Waals surface area (Å²) in [4.78, 5) is 29.7. The Hall–Kier alpha value is -2.90. The van der Waals surface area contributed by atoms with Crippen LogP contribution >= 0.6 is 0 Å². The predicted molar refractivity (Wildman–Crippen MR) is 122 cm³/mol. The lowest BCUT2D eigenvalue weighted by Gasteiger charge is -2.38. The fourth-order valence-electron chi connectivity index (χ4n) is 3.87. The van der Waals surface area contributed by atoms with Crippen LogP contribution in [0, 0.1) is 13.8 Å². The number of para-hydroxylation sites is 1. The normalized spacial score (nSPS) is 15.9. The van der Waals surface area contributed by atoms with Crippen LogP contribution in [0.15, 0.2) is 42.5 Å². The van der Waals surface area contributed by atoms with Crippen molar-refractivity contribution in [1.29, 1.82) is 0 Å². The second kappa shape index (κ2) is 10.4. The Kier molecular flexibility index (Phi) is 7.65.